The number of ether oxygens (including phenoxy) is 1. The second-order valence-electron chi connectivity index (χ2n) is 5.89. The Balaban J connectivity index is 1.69. The number of carbonyl (C=O) groups excluding carboxylic acids is 2. The SMILES string of the molecule is C=C(CCNC(=O)CO/C=C/C=C(/Cl)C(=C)F)NC(=O)c1ccc2[nH]c(=O)[nH]c2n1. The predicted octanol–water partition coefficient (Wildman–Crippen LogP) is 2.14. The molecular formula is C19H19ClFN5O4. The number of amides is 2. The number of halogens is 2. The smallest absolute Gasteiger partial charge is 0.325 e. The first-order valence-corrected chi connectivity index (χ1v) is 8.97. The normalized spacial score (nSPS) is 11.5. The second kappa shape index (κ2) is 10.8. The standard InChI is InChI=1S/C19H19ClFN5O4/c1-11(7-8-22-16(27)10-30-9-3-4-13(20)12(2)21)23-18(28)15-6-5-14-17(24-15)26-19(29)25-14/h3-6,9H,1-2,7-8,10H2,(H,22,27)(H,23,28)(H2,24,25,26,29)/b9-3+,13-4+. The number of imidazole rings is 1. The molecule has 0 saturated carbocycles. The van der Waals surface area contributed by atoms with Gasteiger partial charge in [0.25, 0.3) is 11.8 Å². The van der Waals surface area contributed by atoms with Crippen LogP contribution < -0.4 is 16.3 Å². The van der Waals surface area contributed by atoms with Gasteiger partial charge in [-0.2, -0.15) is 0 Å². The van der Waals surface area contributed by atoms with Crippen LogP contribution in [0.25, 0.3) is 11.2 Å². The van der Waals surface area contributed by atoms with Crippen LogP contribution in [-0.2, 0) is 9.53 Å². The molecule has 0 spiro atoms. The predicted molar refractivity (Wildman–Crippen MR) is 110 cm³/mol. The van der Waals surface area contributed by atoms with E-state index in [4.69, 9.17) is 16.3 Å². The lowest BCUT2D eigenvalue weighted by Crippen LogP contribution is -2.30. The third-order valence-electron chi connectivity index (χ3n) is 3.54. The Labute approximate surface area is 175 Å². The van der Waals surface area contributed by atoms with Gasteiger partial charge < -0.3 is 20.4 Å². The summed E-state index contributed by atoms with van der Waals surface area (Å²) in [5.41, 5.74) is 0.820. The van der Waals surface area contributed by atoms with Crippen LogP contribution in [0.2, 0.25) is 0 Å². The number of aromatic amines is 2. The molecule has 2 rings (SSSR count). The molecule has 0 fully saturated rings. The number of H-pyrrole nitrogens is 2. The van der Waals surface area contributed by atoms with E-state index < -0.39 is 23.3 Å². The number of fused-ring (bicyclic) bond motifs is 1. The Morgan fingerprint density at radius 1 is 1.30 bits per heavy atom. The van der Waals surface area contributed by atoms with Crippen molar-refractivity contribution in [1.29, 1.82) is 0 Å². The minimum Gasteiger partial charge on any atom is -0.491 e. The number of hydrogen-bond acceptors (Lipinski definition) is 5. The van der Waals surface area contributed by atoms with Gasteiger partial charge in [0, 0.05) is 18.7 Å². The summed E-state index contributed by atoms with van der Waals surface area (Å²) in [5, 5.41) is 4.99. The summed E-state index contributed by atoms with van der Waals surface area (Å²) in [6, 6.07) is 3.03. The molecule has 9 nitrogen and oxygen atoms in total. The lowest BCUT2D eigenvalue weighted by atomic mass is 10.3. The van der Waals surface area contributed by atoms with Crippen molar-refractivity contribution < 1.29 is 18.7 Å². The number of nitrogens with one attached hydrogen (secondary N) is 4. The van der Waals surface area contributed by atoms with Crippen molar-refractivity contribution in [3.63, 3.8) is 0 Å². The average molecular weight is 436 g/mol. The molecule has 0 radical (unpaired) electrons. The molecule has 11 heteroatoms. The summed E-state index contributed by atoms with van der Waals surface area (Å²) in [6.07, 6.45) is 4.03. The molecule has 0 saturated heterocycles. The number of pyridine rings is 1. The largest absolute Gasteiger partial charge is 0.491 e. The topological polar surface area (TPSA) is 129 Å². The molecule has 158 valence electrons. The first-order chi connectivity index (χ1) is 14.3. The van der Waals surface area contributed by atoms with E-state index in [1.165, 1.54) is 24.5 Å². The van der Waals surface area contributed by atoms with Crippen LogP contribution in [0.4, 0.5) is 4.39 Å². The van der Waals surface area contributed by atoms with Crippen molar-refractivity contribution in [2.75, 3.05) is 13.2 Å². The van der Waals surface area contributed by atoms with Gasteiger partial charge in [-0.05, 0) is 24.3 Å². The van der Waals surface area contributed by atoms with E-state index in [2.05, 4.69) is 38.7 Å². The highest BCUT2D eigenvalue weighted by Crippen LogP contribution is 2.13. The number of nitrogens with zero attached hydrogens (tertiary/aromatic N) is 1. The van der Waals surface area contributed by atoms with Gasteiger partial charge in [0.2, 0.25) is 0 Å². The number of hydrogen-bond donors (Lipinski definition) is 4. The molecule has 2 aromatic rings. The number of allylic oxidation sites excluding steroid dienone is 4. The molecule has 0 aromatic carbocycles. The van der Waals surface area contributed by atoms with Crippen LogP contribution in [0.3, 0.4) is 0 Å². The van der Waals surface area contributed by atoms with Gasteiger partial charge in [-0.3, -0.25) is 14.6 Å². The minimum atomic E-state index is -0.776. The average Bonchev–Trinajstić information content (AvgIpc) is 3.06. The fourth-order valence-electron chi connectivity index (χ4n) is 2.13. The second-order valence-corrected chi connectivity index (χ2v) is 6.30. The molecule has 0 aliphatic heterocycles. The first kappa shape index (κ1) is 22.6. The molecule has 0 unspecified atom stereocenters. The van der Waals surface area contributed by atoms with Crippen molar-refractivity contribution in [3.8, 4) is 0 Å². The summed E-state index contributed by atoms with van der Waals surface area (Å²) in [7, 11) is 0. The van der Waals surface area contributed by atoms with Gasteiger partial charge in [-0.25, -0.2) is 14.2 Å². The molecule has 2 amide bonds. The van der Waals surface area contributed by atoms with Crippen molar-refractivity contribution in [1.82, 2.24) is 25.6 Å². The van der Waals surface area contributed by atoms with Gasteiger partial charge >= 0.3 is 5.69 Å². The summed E-state index contributed by atoms with van der Waals surface area (Å²) in [4.78, 5) is 44.1. The quantitative estimate of drug-likeness (QED) is 0.335. The van der Waals surface area contributed by atoms with Gasteiger partial charge in [0.05, 0.1) is 16.8 Å². The molecule has 4 N–H and O–H groups in total. The van der Waals surface area contributed by atoms with Crippen molar-refractivity contribution >= 4 is 34.6 Å². The first-order valence-electron chi connectivity index (χ1n) is 8.60. The zero-order chi connectivity index (χ0) is 22.1. The lowest BCUT2D eigenvalue weighted by molar-refractivity contribution is -0.123. The maximum Gasteiger partial charge on any atom is 0.325 e. The highest BCUT2D eigenvalue weighted by Gasteiger charge is 2.11. The Morgan fingerprint density at radius 2 is 2.07 bits per heavy atom. The molecule has 0 aliphatic rings. The minimum absolute atomic E-state index is 0.105. The van der Waals surface area contributed by atoms with Crippen LogP contribution in [0.5, 0.6) is 0 Å². The maximum absolute atomic E-state index is 12.6. The summed E-state index contributed by atoms with van der Waals surface area (Å²) in [6.45, 7) is 6.71. The monoisotopic (exact) mass is 435 g/mol. The van der Waals surface area contributed by atoms with Gasteiger partial charge in [-0.1, -0.05) is 24.8 Å². The maximum atomic E-state index is 12.6. The zero-order valence-corrected chi connectivity index (χ0v) is 16.5. The Hall–Kier alpha value is -3.66. The van der Waals surface area contributed by atoms with Gasteiger partial charge in [0.1, 0.15) is 11.5 Å². The van der Waals surface area contributed by atoms with Crippen LogP contribution >= 0.6 is 11.6 Å². The molecule has 2 heterocycles. The third-order valence-corrected chi connectivity index (χ3v) is 3.87. The van der Waals surface area contributed by atoms with E-state index in [1.807, 2.05) is 0 Å². The molecule has 0 aliphatic carbocycles. The Bertz CT molecular complexity index is 1090. The number of rotatable bonds is 10. The van der Waals surface area contributed by atoms with E-state index >= 15 is 0 Å². The summed E-state index contributed by atoms with van der Waals surface area (Å²) in [5.74, 6) is -1.67. The molecule has 30 heavy (non-hydrogen) atoms. The number of aromatic nitrogens is 3. The van der Waals surface area contributed by atoms with Crippen molar-refractivity contribution in [3.05, 3.63) is 76.4 Å². The zero-order valence-electron chi connectivity index (χ0n) is 15.8. The van der Waals surface area contributed by atoms with Crippen molar-refractivity contribution in [2.24, 2.45) is 0 Å². The van der Waals surface area contributed by atoms with Crippen LogP contribution in [-0.4, -0.2) is 39.9 Å². The summed E-state index contributed by atoms with van der Waals surface area (Å²) >= 11 is 5.50. The van der Waals surface area contributed by atoms with E-state index in [9.17, 15) is 18.8 Å². The molecule has 0 atom stereocenters. The molecule has 2 aromatic heterocycles. The lowest BCUT2D eigenvalue weighted by Gasteiger charge is -2.09. The summed E-state index contributed by atoms with van der Waals surface area (Å²) < 4.78 is 17.6. The van der Waals surface area contributed by atoms with E-state index in [-0.39, 0.29) is 35.9 Å². The Kier molecular flexibility index (Phi) is 8.12. The van der Waals surface area contributed by atoms with Crippen molar-refractivity contribution in [2.45, 2.75) is 6.42 Å². The van der Waals surface area contributed by atoms with Gasteiger partial charge in [-0.15, -0.1) is 0 Å². The van der Waals surface area contributed by atoms with Gasteiger partial charge in [0.15, 0.2) is 12.3 Å². The van der Waals surface area contributed by atoms with Crippen LogP contribution in [0.15, 0.2) is 65.1 Å². The molecular weight excluding hydrogens is 417 g/mol. The van der Waals surface area contributed by atoms with Crippen LogP contribution in [0.1, 0.15) is 16.9 Å². The number of carbonyl (C=O) groups is 2. The fraction of sp³-hybridized carbons (Fsp3) is 0.158. The van der Waals surface area contributed by atoms with Crippen LogP contribution in [0, 0.1) is 0 Å². The Morgan fingerprint density at radius 3 is 2.80 bits per heavy atom. The fourth-order valence-corrected chi connectivity index (χ4v) is 2.20. The van der Waals surface area contributed by atoms with E-state index in [0.29, 0.717) is 11.2 Å². The van der Waals surface area contributed by atoms with E-state index in [0.717, 1.165) is 0 Å². The molecule has 0 bridgehead atoms. The van der Waals surface area contributed by atoms with E-state index in [1.54, 1.807) is 6.07 Å². The third kappa shape index (κ3) is 7.06. The highest BCUT2D eigenvalue weighted by molar-refractivity contribution is 6.31. The highest BCUT2D eigenvalue weighted by atomic mass is 35.5.